The SMILES string of the molecule is CCCCC(CCCC)OC(=O)CCCCCCCCCCOC(=O)Cc1ccc(N=c2cc3oc4cc(N(CC)CC)ccc4nc-3c3ccccc23)cc1. The van der Waals surface area contributed by atoms with Crippen LogP contribution in [-0.2, 0) is 25.5 Å². The Hall–Kier alpha value is -4.72. The molecule has 0 bridgehead atoms. The number of unbranched alkanes of at least 4 members (excludes halogenated alkanes) is 9. The molecule has 1 aliphatic heterocycles. The molecule has 3 aromatic carbocycles. The van der Waals surface area contributed by atoms with Crippen LogP contribution in [0, 0.1) is 0 Å². The fraction of sp³-hybridized carbons (Fsp3) is 0.500. The van der Waals surface area contributed by atoms with Crippen molar-refractivity contribution in [2.45, 2.75) is 137 Å². The Labute approximate surface area is 334 Å². The molecule has 0 saturated carbocycles. The molecule has 3 aromatic rings. The highest BCUT2D eigenvalue weighted by molar-refractivity contribution is 5.96. The van der Waals surface area contributed by atoms with E-state index in [1.165, 1.54) is 12.8 Å². The van der Waals surface area contributed by atoms with Crippen molar-refractivity contribution < 1.29 is 23.5 Å². The number of anilines is 1. The van der Waals surface area contributed by atoms with Gasteiger partial charge in [-0.2, -0.15) is 0 Å². The first-order valence-corrected chi connectivity index (χ1v) is 21.4. The van der Waals surface area contributed by atoms with Crippen molar-refractivity contribution in [1.82, 2.24) is 4.98 Å². The van der Waals surface area contributed by atoms with Gasteiger partial charge in [-0.25, -0.2) is 9.98 Å². The van der Waals surface area contributed by atoms with Gasteiger partial charge in [-0.1, -0.05) is 114 Å². The van der Waals surface area contributed by atoms with Crippen LogP contribution >= 0.6 is 0 Å². The van der Waals surface area contributed by atoms with Gasteiger partial charge >= 0.3 is 11.9 Å². The standard InChI is InChI=1S/C48H63N3O5/c1-5-9-21-39(22-10-6-2)55-46(52)25-17-15-13-11-12-14-16-20-32-54-47(53)33-36-26-28-37(29-27-36)49-43-35-45-48(41-24-19-18-23-40(41)43)50-42-31-30-38(34-44(42)56-45)51(7-3)8-4/h18-19,23-24,26-31,34-35,39H,5-17,20-22,25,32-33H2,1-4H3. The minimum absolute atomic E-state index is 0.0242. The zero-order valence-corrected chi connectivity index (χ0v) is 34.3. The second-order valence-corrected chi connectivity index (χ2v) is 15.0. The average molecular weight is 762 g/mol. The lowest BCUT2D eigenvalue weighted by Gasteiger charge is -2.21. The summed E-state index contributed by atoms with van der Waals surface area (Å²) in [7, 11) is 0. The monoisotopic (exact) mass is 761 g/mol. The van der Waals surface area contributed by atoms with E-state index < -0.39 is 0 Å². The minimum Gasteiger partial charge on any atom is -0.465 e. The van der Waals surface area contributed by atoms with Crippen LogP contribution in [0.1, 0.15) is 130 Å². The molecular weight excluding hydrogens is 699 g/mol. The highest BCUT2D eigenvalue weighted by Crippen LogP contribution is 2.32. The van der Waals surface area contributed by atoms with Gasteiger partial charge in [0.25, 0.3) is 0 Å². The van der Waals surface area contributed by atoms with Gasteiger partial charge in [-0.05, 0) is 69.4 Å². The molecule has 0 unspecified atom stereocenters. The van der Waals surface area contributed by atoms with Gasteiger partial charge in [0.2, 0.25) is 0 Å². The third-order valence-electron chi connectivity index (χ3n) is 10.6. The molecule has 5 rings (SSSR count). The van der Waals surface area contributed by atoms with Crippen LogP contribution in [0.2, 0.25) is 0 Å². The van der Waals surface area contributed by atoms with Crippen LogP contribution in [0.3, 0.4) is 0 Å². The Morgan fingerprint density at radius 1 is 0.732 bits per heavy atom. The van der Waals surface area contributed by atoms with Crippen LogP contribution in [0.25, 0.3) is 33.3 Å². The summed E-state index contributed by atoms with van der Waals surface area (Å²) in [5.41, 5.74) is 5.18. The number of rotatable bonds is 24. The van der Waals surface area contributed by atoms with Gasteiger partial charge in [0.05, 0.1) is 24.1 Å². The fourth-order valence-electron chi connectivity index (χ4n) is 7.34. The average Bonchev–Trinajstić information content (AvgIpc) is 3.21. The Bertz CT molecular complexity index is 1990. The lowest BCUT2D eigenvalue weighted by Crippen LogP contribution is -2.21. The van der Waals surface area contributed by atoms with Crippen molar-refractivity contribution in [3.05, 3.63) is 83.7 Å². The minimum atomic E-state index is -0.207. The number of fused-ring (bicyclic) bond motifs is 4. The van der Waals surface area contributed by atoms with Crippen molar-refractivity contribution in [2.75, 3.05) is 24.6 Å². The summed E-state index contributed by atoms with van der Waals surface area (Å²) in [4.78, 5) is 37.2. The van der Waals surface area contributed by atoms with Gasteiger partial charge < -0.3 is 18.8 Å². The van der Waals surface area contributed by atoms with E-state index in [1.54, 1.807) is 0 Å². The lowest BCUT2D eigenvalue weighted by molar-refractivity contribution is -0.150. The van der Waals surface area contributed by atoms with E-state index in [2.05, 4.69) is 56.9 Å². The molecule has 0 N–H and O–H groups in total. The van der Waals surface area contributed by atoms with E-state index in [4.69, 9.17) is 23.9 Å². The van der Waals surface area contributed by atoms with Crippen molar-refractivity contribution >= 4 is 45.2 Å². The molecule has 0 fully saturated rings. The summed E-state index contributed by atoms with van der Waals surface area (Å²) in [6.07, 6.45) is 15.9. The first-order chi connectivity index (χ1) is 27.4. The smallest absolute Gasteiger partial charge is 0.310 e. The number of carbonyl (C=O) groups excluding carboxylic acids is 2. The first-order valence-electron chi connectivity index (χ1n) is 21.4. The summed E-state index contributed by atoms with van der Waals surface area (Å²) in [6.45, 7) is 10.9. The van der Waals surface area contributed by atoms with Gasteiger partial charge in [0.1, 0.15) is 17.3 Å². The molecule has 2 aliphatic rings. The first kappa shape index (κ1) is 42.4. The predicted molar refractivity (Wildman–Crippen MR) is 229 cm³/mol. The van der Waals surface area contributed by atoms with Crippen molar-refractivity contribution in [1.29, 1.82) is 0 Å². The maximum absolute atomic E-state index is 12.6. The van der Waals surface area contributed by atoms with E-state index in [1.807, 2.05) is 48.5 Å². The number of esters is 2. The molecule has 0 radical (unpaired) electrons. The van der Waals surface area contributed by atoms with Crippen LogP contribution < -0.4 is 10.3 Å². The molecule has 8 nitrogen and oxygen atoms in total. The van der Waals surface area contributed by atoms with Gasteiger partial charge in [-0.3, -0.25) is 9.59 Å². The number of ether oxygens (including phenoxy) is 2. The number of nitrogens with zero attached hydrogens (tertiary/aromatic N) is 3. The molecule has 0 aromatic heterocycles. The summed E-state index contributed by atoms with van der Waals surface area (Å²) in [5, 5.41) is 2.79. The number of hydrogen-bond acceptors (Lipinski definition) is 8. The van der Waals surface area contributed by atoms with Crippen LogP contribution in [-0.4, -0.2) is 42.7 Å². The number of carbonyl (C=O) groups is 2. The number of hydrogen-bond donors (Lipinski definition) is 0. The molecule has 8 heteroatoms. The fourth-order valence-corrected chi connectivity index (χ4v) is 7.34. The third-order valence-corrected chi connectivity index (χ3v) is 10.6. The van der Waals surface area contributed by atoms with Crippen LogP contribution in [0.5, 0.6) is 0 Å². The van der Waals surface area contributed by atoms with Crippen molar-refractivity contribution in [3.63, 3.8) is 0 Å². The van der Waals surface area contributed by atoms with E-state index in [0.717, 1.165) is 140 Å². The molecule has 0 spiro atoms. The number of benzene rings is 4. The summed E-state index contributed by atoms with van der Waals surface area (Å²) in [5.74, 6) is 0.454. The van der Waals surface area contributed by atoms with Gasteiger partial charge in [-0.15, -0.1) is 0 Å². The van der Waals surface area contributed by atoms with E-state index in [0.29, 0.717) is 18.8 Å². The molecule has 300 valence electrons. The largest absolute Gasteiger partial charge is 0.465 e. The summed E-state index contributed by atoms with van der Waals surface area (Å²) < 4.78 is 17.8. The number of aromatic nitrogens is 1. The topological polar surface area (TPSA) is 94.2 Å². The van der Waals surface area contributed by atoms with Crippen molar-refractivity contribution in [3.8, 4) is 11.5 Å². The molecular formula is C48H63N3O5. The maximum atomic E-state index is 12.6. The van der Waals surface area contributed by atoms with Crippen LogP contribution in [0.15, 0.2) is 82.2 Å². The van der Waals surface area contributed by atoms with E-state index in [-0.39, 0.29) is 24.5 Å². The highest BCUT2D eigenvalue weighted by atomic mass is 16.5. The molecule has 56 heavy (non-hydrogen) atoms. The maximum Gasteiger partial charge on any atom is 0.310 e. The summed E-state index contributed by atoms with van der Waals surface area (Å²) in [6, 6.07) is 24.1. The molecule has 0 saturated heterocycles. The zero-order chi connectivity index (χ0) is 39.5. The predicted octanol–water partition coefficient (Wildman–Crippen LogP) is 12.1. The van der Waals surface area contributed by atoms with E-state index >= 15 is 0 Å². The lowest BCUT2D eigenvalue weighted by atomic mass is 10.0. The normalized spacial score (nSPS) is 11.9. The van der Waals surface area contributed by atoms with Gasteiger partial charge in [0.15, 0.2) is 11.3 Å². The molecule has 0 amide bonds. The van der Waals surface area contributed by atoms with Crippen molar-refractivity contribution in [2.24, 2.45) is 4.99 Å². The van der Waals surface area contributed by atoms with E-state index in [9.17, 15) is 9.59 Å². The Morgan fingerprint density at radius 3 is 2.07 bits per heavy atom. The Morgan fingerprint density at radius 2 is 1.39 bits per heavy atom. The Kier molecular flexibility index (Phi) is 17.2. The quantitative estimate of drug-likeness (QED) is 0.0267. The Balaban J connectivity index is 1.04. The highest BCUT2D eigenvalue weighted by Gasteiger charge is 2.17. The molecule has 0 atom stereocenters. The molecule has 1 aliphatic carbocycles. The summed E-state index contributed by atoms with van der Waals surface area (Å²) >= 11 is 0. The van der Waals surface area contributed by atoms with Gasteiger partial charge in [0, 0.05) is 48.1 Å². The molecule has 1 heterocycles. The second kappa shape index (κ2) is 22.7. The zero-order valence-electron chi connectivity index (χ0n) is 34.3. The second-order valence-electron chi connectivity index (χ2n) is 15.0. The third kappa shape index (κ3) is 12.7. The van der Waals surface area contributed by atoms with Crippen LogP contribution in [0.4, 0.5) is 11.4 Å².